The minimum absolute atomic E-state index is 0.0149. The molecule has 1 aliphatic heterocycles. The van der Waals surface area contributed by atoms with Gasteiger partial charge >= 0.3 is 6.01 Å². The molecule has 5 rings (SSSR count). The summed E-state index contributed by atoms with van der Waals surface area (Å²) in [5.74, 6) is -1.39. The van der Waals surface area contributed by atoms with Crippen LogP contribution in [0.4, 0.5) is 14.6 Å². The topological polar surface area (TPSA) is 70.5 Å². The Morgan fingerprint density at radius 3 is 2.79 bits per heavy atom. The molecule has 0 bridgehead atoms. The van der Waals surface area contributed by atoms with Crippen molar-refractivity contribution >= 4 is 39.1 Å². The van der Waals surface area contributed by atoms with Crippen molar-refractivity contribution in [1.29, 1.82) is 0 Å². The number of phenols is 1. The van der Waals surface area contributed by atoms with Crippen LogP contribution in [0, 0.1) is 11.6 Å². The monoisotopic (exact) mass is 470 g/mol. The molecule has 170 valence electrons. The van der Waals surface area contributed by atoms with Crippen molar-refractivity contribution in [1.82, 2.24) is 15.3 Å². The van der Waals surface area contributed by atoms with Crippen molar-refractivity contribution in [2.45, 2.75) is 13.0 Å². The molecule has 6 nitrogen and oxygen atoms in total. The molecule has 1 aromatic heterocycles. The van der Waals surface area contributed by atoms with E-state index in [4.69, 9.17) is 16.3 Å². The van der Waals surface area contributed by atoms with Gasteiger partial charge < -0.3 is 20.1 Å². The number of anilines is 1. The molecule has 2 heterocycles. The van der Waals surface area contributed by atoms with Gasteiger partial charge in [0.25, 0.3) is 0 Å². The van der Waals surface area contributed by atoms with Crippen LogP contribution in [-0.2, 0) is 0 Å². The number of halogens is 3. The molecule has 0 amide bonds. The third-order valence-electron chi connectivity index (χ3n) is 5.87. The molecule has 0 saturated carbocycles. The molecular weight excluding hydrogens is 450 g/mol. The highest BCUT2D eigenvalue weighted by Crippen LogP contribution is 2.42. The number of ether oxygens (including phenoxy) is 1. The third kappa shape index (κ3) is 3.69. The van der Waals surface area contributed by atoms with E-state index in [1.807, 2.05) is 11.8 Å². The second-order valence-electron chi connectivity index (χ2n) is 8.11. The lowest BCUT2D eigenvalue weighted by Crippen LogP contribution is -2.49. The summed E-state index contributed by atoms with van der Waals surface area (Å²) in [4.78, 5) is 10.6. The maximum absolute atomic E-state index is 16.0. The summed E-state index contributed by atoms with van der Waals surface area (Å²) in [5.41, 5.74) is -0.248. The lowest BCUT2D eigenvalue weighted by Gasteiger charge is -2.33. The number of hydrogen-bond acceptors (Lipinski definition) is 6. The first-order valence-corrected chi connectivity index (χ1v) is 10.9. The number of hydrogen-bond donors (Lipinski definition) is 2. The average molecular weight is 471 g/mol. The van der Waals surface area contributed by atoms with Gasteiger partial charge in [0, 0.05) is 47.0 Å². The summed E-state index contributed by atoms with van der Waals surface area (Å²) in [6.45, 7) is 3.99. The molecule has 0 spiro atoms. The van der Waals surface area contributed by atoms with Gasteiger partial charge in [0.15, 0.2) is 5.82 Å². The highest BCUT2D eigenvalue weighted by atomic mass is 35.5. The number of benzene rings is 3. The molecule has 3 aromatic carbocycles. The molecular formula is C24H21ClF2N4O2. The van der Waals surface area contributed by atoms with E-state index in [9.17, 15) is 5.11 Å². The Kier molecular flexibility index (Phi) is 5.42. The van der Waals surface area contributed by atoms with Gasteiger partial charge in [0.2, 0.25) is 0 Å². The molecule has 2 N–H and O–H groups in total. The van der Waals surface area contributed by atoms with E-state index in [-0.39, 0.29) is 39.8 Å². The van der Waals surface area contributed by atoms with Gasteiger partial charge in [-0.1, -0.05) is 23.7 Å². The molecule has 1 saturated heterocycles. The predicted molar refractivity (Wildman–Crippen MR) is 125 cm³/mol. The van der Waals surface area contributed by atoms with Gasteiger partial charge in [0.1, 0.15) is 22.9 Å². The Hall–Kier alpha value is -3.23. The van der Waals surface area contributed by atoms with Gasteiger partial charge in [-0.2, -0.15) is 9.97 Å². The number of nitrogens with one attached hydrogen (secondary N) is 1. The normalized spacial score (nSPS) is 16.5. The van der Waals surface area contributed by atoms with Crippen LogP contribution in [0.1, 0.15) is 6.92 Å². The van der Waals surface area contributed by atoms with Gasteiger partial charge in [-0.15, -0.1) is 0 Å². The Labute approximate surface area is 193 Å². The second kappa shape index (κ2) is 8.28. The van der Waals surface area contributed by atoms with E-state index in [0.29, 0.717) is 41.2 Å². The summed E-state index contributed by atoms with van der Waals surface area (Å²) in [7, 11) is 1.40. The first-order valence-electron chi connectivity index (χ1n) is 10.5. The molecule has 4 aromatic rings. The average Bonchev–Trinajstić information content (AvgIpc) is 2.78. The first kappa shape index (κ1) is 21.6. The van der Waals surface area contributed by atoms with Gasteiger partial charge in [0.05, 0.1) is 12.7 Å². The van der Waals surface area contributed by atoms with E-state index in [2.05, 4.69) is 15.3 Å². The molecule has 9 heteroatoms. The van der Waals surface area contributed by atoms with E-state index in [0.717, 1.165) is 0 Å². The van der Waals surface area contributed by atoms with Crippen molar-refractivity contribution in [2.75, 3.05) is 31.6 Å². The summed E-state index contributed by atoms with van der Waals surface area (Å²) < 4.78 is 36.8. The molecule has 1 aliphatic rings. The highest BCUT2D eigenvalue weighted by Gasteiger charge is 2.26. The van der Waals surface area contributed by atoms with Crippen molar-refractivity contribution < 1.29 is 18.6 Å². The number of aromatic nitrogens is 2. The summed E-state index contributed by atoms with van der Waals surface area (Å²) in [6, 6.07) is 9.27. The number of piperazine rings is 1. The fourth-order valence-electron chi connectivity index (χ4n) is 4.43. The van der Waals surface area contributed by atoms with Crippen LogP contribution in [-0.4, -0.2) is 47.9 Å². The van der Waals surface area contributed by atoms with E-state index >= 15 is 8.78 Å². The number of nitrogens with zero attached hydrogens (tertiary/aromatic N) is 3. The number of aromatic hydroxyl groups is 1. The van der Waals surface area contributed by atoms with E-state index in [1.54, 1.807) is 18.2 Å². The Morgan fingerprint density at radius 2 is 2.03 bits per heavy atom. The SMILES string of the molecule is COc1nc(N2CCNC(C)C2)c2cc(F)c(-c3cc(O)cc4cccc(Cl)c34)c(F)c2n1. The van der Waals surface area contributed by atoms with E-state index < -0.39 is 11.6 Å². The van der Waals surface area contributed by atoms with Gasteiger partial charge in [-0.25, -0.2) is 8.78 Å². The summed E-state index contributed by atoms with van der Waals surface area (Å²) in [5, 5.41) is 15.1. The van der Waals surface area contributed by atoms with Crippen LogP contribution in [0.5, 0.6) is 11.8 Å². The number of methoxy groups -OCH3 is 1. The quantitative estimate of drug-likeness (QED) is 0.444. The summed E-state index contributed by atoms with van der Waals surface area (Å²) in [6.07, 6.45) is 0. The maximum atomic E-state index is 16.0. The number of fused-ring (bicyclic) bond motifs is 2. The minimum atomic E-state index is -0.873. The van der Waals surface area contributed by atoms with Crippen LogP contribution >= 0.6 is 11.6 Å². The van der Waals surface area contributed by atoms with E-state index in [1.165, 1.54) is 25.3 Å². The number of rotatable bonds is 3. The Balaban J connectivity index is 1.81. The van der Waals surface area contributed by atoms with Crippen LogP contribution < -0.4 is 15.0 Å². The number of phenolic OH excluding ortho intramolecular Hbond substituents is 1. The van der Waals surface area contributed by atoms with Crippen molar-refractivity contribution in [3.05, 3.63) is 53.1 Å². The molecule has 1 fully saturated rings. The van der Waals surface area contributed by atoms with Crippen LogP contribution in [0.2, 0.25) is 5.02 Å². The lowest BCUT2D eigenvalue weighted by atomic mass is 9.95. The summed E-state index contributed by atoms with van der Waals surface area (Å²) >= 11 is 6.39. The second-order valence-corrected chi connectivity index (χ2v) is 8.52. The smallest absolute Gasteiger partial charge is 0.318 e. The van der Waals surface area contributed by atoms with Crippen LogP contribution in [0.3, 0.4) is 0 Å². The zero-order chi connectivity index (χ0) is 23.3. The van der Waals surface area contributed by atoms with Crippen molar-refractivity contribution in [3.8, 4) is 22.9 Å². The molecule has 33 heavy (non-hydrogen) atoms. The van der Waals surface area contributed by atoms with Gasteiger partial charge in [-0.3, -0.25) is 0 Å². The standard InChI is InChI=1S/C24H21ClF2N4O2/c1-12-11-31(7-6-28-12)23-16-10-18(26)20(21(27)22(16)29-24(30-23)33-2)15-9-14(32)8-13-4-3-5-17(25)19(13)15/h3-5,8-10,12,28,32H,6-7,11H2,1-2H3. The predicted octanol–water partition coefficient (Wildman–Crippen LogP) is 4.89. The Bertz CT molecular complexity index is 1400. The lowest BCUT2D eigenvalue weighted by molar-refractivity contribution is 0.380. The van der Waals surface area contributed by atoms with Gasteiger partial charge in [-0.05, 0) is 36.6 Å². The largest absolute Gasteiger partial charge is 0.508 e. The fourth-order valence-corrected chi connectivity index (χ4v) is 4.71. The molecule has 1 atom stereocenters. The first-order chi connectivity index (χ1) is 15.9. The van der Waals surface area contributed by atoms with Crippen molar-refractivity contribution in [2.24, 2.45) is 0 Å². The van der Waals surface area contributed by atoms with Crippen molar-refractivity contribution in [3.63, 3.8) is 0 Å². The zero-order valence-corrected chi connectivity index (χ0v) is 18.7. The fraction of sp³-hybridized carbons (Fsp3) is 0.250. The van der Waals surface area contributed by atoms with Crippen LogP contribution in [0.25, 0.3) is 32.8 Å². The molecule has 0 radical (unpaired) electrons. The molecule has 1 unspecified atom stereocenters. The minimum Gasteiger partial charge on any atom is -0.508 e. The van der Waals surface area contributed by atoms with Crippen LogP contribution in [0.15, 0.2) is 36.4 Å². The highest BCUT2D eigenvalue weighted by molar-refractivity contribution is 6.36. The maximum Gasteiger partial charge on any atom is 0.318 e. The zero-order valence-electron chi connectivity index (χ0n) is 18.0. The Morgan fingerprint density at radius 1 is 1.21 bits per heavy atom. The third-order valence-corrected chi connectivity index (χ3v) is 6.19. The molecule has 0 aliphatic carbocycles.